The predicted octanol–water partition coefficient (Wildman–Crippen LogP) is 3.39. The summed E-state index contributed by atoms with van der Waals surface area (Å²) in [5, 5.41) is 13.0. The minimum absolute atomic E-state index is 0.00464. The molecule has 0 bridgehead atoms. The lowest BCUT2D eigenvalue weighted by atomic mass is 10.1. The van der Waals surface area contributed by atoms with Gasteiger partial charge in [0.05, 0.1) is 5.69 Å². The molecule has 0 aliphatic carbocycles. The number of fused-ring (bicyclic) bond motifs is 1. The van der Waals surface area contributed by atoms with Crippen LogP contribution >= 0.6 is 15.9 Å². The minimum Gasteiger partial charge on any atom is -0.489 e. The molecule has 1 unspecified atom stereocenters. The summed E-state index contributed by atoms with van der Waals surface area (Å²) >= 11 is 3.37. The van der Waals surface area contributed by atoms with Gasteiger partial charge < -0.3 is 25.7 Å². The Bertz CT molecular complexity index is 994. The summed E-state index contributed by atoms with van der Waals surface area (Å²) in [5.74, 6) is -0.0968. The molecule has 156 valence electrons. The fraction of sp³-hybridized carbons (Fsp3) is 0.190. The van der Waals surface area contributed by atoms with Gasteiger partial charge in [-0.15, -0.1) is 0 Å². The highest BCUT2D eigenvalue weighted by Gasteiger charge is 2.30. The number of rotatable bonds is 5. The average molecular weight is 475 g/mol. The van der Waals surface area contributed by atoms with E-state index in [4.69, 9.17) is 10.1 Å². The molecule has 1 aliphatic heterocycles. The van der Waals surface area contributed by atoms with Crippen LogP contribution < -0.4 is 20.3 Å². The van der Waals surface area contributed by atoms with E-state index in [-0.39, 0.29) is 24.0 Å². The number of anilines is 1. The molecule has 0 spiro atoms. The number of nitrogens with one attached hydrogen (secondary N) is 3. The number of benzene rings is 2. The molecule has 0 saturated heterocycles. The van der Waals surface area contributed by atoms with Crippen molar-refractivity contribution in [1.29, 1.82) is 5.41 Å². The van der Waals surface area contributed by atoms with Crippen molar-refractivity contribution in [1.82, 2.24) is 10.6 Å². The zero-order valence-electron chi connectivity index (χ0n) is 16.1. The number of hydrogen-bond donors (Lipinski definition) is 3. The van der Waals surface area contributed by atoms with Gasteiger partial charge in [-0.2, -0.15) is 0 Å². The van der Waals surface area contributed by atoms with Gasteiger partial charge in [0.2, 0.25) is 0 Å². The summed E-state index contributed by atoms with van der Waals surface area (Å²) in [4.78, 5) is 26.3. The van der Waals surface area contributed by atoms with Crippen molar-refractivity contribution in [2.24, 2.45) is 0 Å². The van der Waals surface area contributed by atoms with E-state index in [1.807, 2.05) is 6.07 Å². The van der Waals surface area contributed by atoms with Gasteiger partial charge in [-0.1, -0.05) is 28.1 Å². The first-order chi connectivity index (χ1) is 14.3. The lowest BCUT2D eigenvalue weighted by Crippen LogP contribution is -2.51. The molecule has 30 heavy (non-hydrogen) atoms. The normalized spacial score (nSPS) is 15.9. The number of likely N-dealkylation sites (N-methyl/N-ethyl adjacent to an activating group) is 1. The van der Waals surface area contributed by atoms with Gasteiger partial charge in [0.15, 0.2) is 0 Å². The lowest BCUT2D eigenvalue weighted by molar-refractivity contribution is -0.120. The summed E-state index contributed by atoms with van der Waals surface area (Å²) < 4.78 is 19.4. The first-order valence-electron chi connectivity index (χ1n) is 9.09. The monoisotopic (exact) mass is 474 g/mol. The first-order valence-corrected chi connectivity index (χ1v) is 9.88. The number of ether oxygens (including phenoxy) is 1. The average Bonchev–Trinajstić information content (AvgIpc) is 2.82. The number of allylic oxidation sites excluding steroid dienone is 1. The largest absolute Gasteiger partial charge is 0.489 e. The van der Waals surface area contributed by atoms with E-state index in [1.54, 1.807) is 31.3 Å². The highest BCUT2D eigenvalue weighted by molar-refractivity contribution is 9.10. The SMILES string of the molecule is CN1C(=O)C(NC(=O)N/C=C\C(=N)Cc2ccc(F)cc2)COc2ccc(Br)cc21. The summed E-state index contributed by atoms with van der Waals surface area (Å²) in [6.07, 6.45) is 3.04. The second-order valence-corrected chi connectivity index (χ2v) is 7.57. The topological polar surface area (TPSA) is 94.5 Å². The second-order valence-electron chi connectivity index (χ2n) is 6.65. The van der Waals surface area contributed by atoms with Crippen molar-refractivity contribution in [3.8, 4) is 5.75 Å². The Morgan fingerprint density at radius 2 is 2.07 bits per heavy atom. The van der Waals surface area contributed by atoms with Crippen molar-refractivity contribution < 1.29 is 18.7 Å². The quantitative estimate of drug-likeness (QED) is 0.579. The molecule has 0 fully saturated rings. The van der Waals surface area contributed by atoms with Crippen molar-refractivity contribution in [2.45, 2.75) is 12.5 Å². The van der Waals surface area contributed by atoms with Crippen LogP contribution in [0.1, 0.15) is 5.56 Å². The van der Waals surface area contributed by atoms with E-state index < -0.39 is 12.1 Å². The van der Waals surface area contributed by atoms with Crippen LogP contribution in [0.5, 0.6) is 5.75 Å². The van der Waals surface area contributed by atoms with E-state index in [1.165, 1.54) is 29.3 Å². The van der Waals surface area contributed by atoms with Crippen LogP contribution in [-0.4, -0.2) is 37.3 Å². The van der Waals surface area contributed by atoms with Crippen LogP contribution in [0.15, 0.2) is 59.2 Å². The van der Waals surface area contributed by atoms with Crippen molar-refractivity contribution in [3.05, 3.63) is 70.6 Å². The Morgan fingerprint density at radius 3 is 2.80 bits per heavy atom. The molecule has 3 amide bonds. The van der Waals surface area contributed by atoms with Gasteiger partial charge in [0, 0.05) is 29.9 Å². The maximum atomic E-state index is 12.9. The van der Waals surface area contributed by atoms with Crippen LogP contribution in [0.4, 0.5) is 14.9 Å². The minimum atomic E-state index is -0.867. The molecular formula is C21H20BrFN4O3. The van der Waals surface area contributed by atoms with Crippen molar-refractivity contribution >= 4 is 39.3 Å². The molecule has 2 aromatic carbocycles. The molecule has 1 heterocycles. The molecule has 7 nitrogen and oxygen atoms in total. The molecule has 3 rings (SSSR count). The Hall–Kier alpha value is -3.20. The van der Waals surface area contributed by atoms with Gasteiger partial charge in [-0.05, 0) is 42.0 Å². The summed E-state index contributed by atoms with van der Waals surface area (Å²) in [5.41, 5.74) is 1.62. The van der Waals surface area contributed by atoms with Gasteiger partial charge in [-0.3, -0.25) is 4.79 Å². The van der Waals surface area contributed by atoms with Crippen LogP contribution in [-0.2, 0) is 11.2 Å². The van der Waals surface area contributed by atoms with E-state index in [0.717, 1.165) is 10.0 Å². The number of urea groups is 1. The van der Waals surface area contributed by atoms with Crippen molar-refractivity contribution in [2.75, 3.05) is 18.6 Å². The number of carbonyl (C=O) groups is 2. The van der Waals surface area contributed by atoms with E-state index >= 15 is 0 Å². The third kappa shape index (κ3) is 5.44. The van der Waals surface area contributed by atoms with E-state index in [0.29, 0.717) is 17.9 Å². The summed E-state index contributed by atoms with van der Waals surface area (Å²) in [6.45, 7) is -0.00464. The summed E-state index contributed by atoms with van der Waals surface area (Å²) in [6, 6.07) is 9.73. The molecule has 1 atom stereocenters. The molecule has 2 aromatic rings. The molecule has 3 N–H and O–H groups in total. The zero-order chi connectivity index (χ0) is 21.7. The third-order valence-corrected chi connectivity index (χ3v) is 4.92. The second kappa shape index (κ2) is 9.53. The van der Waals surface area contributed by atoms with Gasteiger partial charge in [0.1, 0.15) is 24.2 Å². The van der Waals surface area contributed by atoms with Crippen LogP contribution in [0.25, 0.3) is 0 Å². The number of amides is 3. The molecule has 9 heteroatoms. The molecule has 1 aliphatic rings. The molecular weight excluding hydrogens is 455 g/mol. The van der Waals surface area contributed by atoms with Gasteiger partial charge in [-0.25, -0.2) is 9.18 Å². The number of nitrogens with zero attached hydrogens (tertiary/aromatic N) is 1. The van der Waals surface area contributed by atoms with Gasteiger partial charge in [0.25, 0.3) is 5.91 Å². The zero-order valence-corrected chi connectivity index (χ0v) is 17.7. The van der Waals surface area contributed by atoms with Crippen LogP contribution in [0.2, 0.25) is 0 Å². The van der Waals surface area contributed by atoms with Crippen molar-refractivity contribution in [3.63, 3.8) is 0 Å². The Labute approximate surface area is 181 Å². The highest BCUT2D eigenvalue weighted by atomic mass is 79.9. The highest BCUT2D eigenvalue weighted by Crippen LogP contribution is 2.33. The van der Waals surface area contributed by atoms with Crippen LogP contribution in [0, 0.1) is 11.2 Å². The number of hydrogen-bond acceptors (Lipinski definition) is 4. The lowest BCUT2D eigenvalue weighted by Gasteiger charge is -2.20. The molecule has 0 saturated carbocycles. The Morgan fingerprint density at radius 1 is 1.33 bits per heavy atom. The molecule has 0 aromatic heterocycles. The first kappa shape index (κ1) is 21.5. The maximum Gasteiger partial charge on any atom is 0.319 e. The fourth-order valence-electron chi connectivity index (χ4n) is 2.87. The number of carbonyl (C=O) groups excluding carboxylic acids is 2. The van der Waals surface area contributed by atoms with Crippen LogP contribution in [0.3, 0.4) is 0 Å². The maximum absolute atomic E-state index is 12.9. The predicted molar refractivity (Wildman–Crippen MR) is 115 cm³/mol. The van der Waals surface area contributed by atoms with E-state index in [2.05, 4.69) is 26.6 Å². The Balaban J connectivity index is 1.53. The third-order valence-electron chi connectivity index (χ3n) is 4.43. The Kier molecular flexibility index (Phi) is 6.83. The number of halogens is 2. The standard InChI is InChI=1S/C21H20BrFN4O3/c1-27-18-11-14(22)4-7-19(18)30-12-17(20(27)28)26-21(29)25-9-8-16(24)10-13-2-5-15(23)6-3-13/h2-9,11,17,24H,10,12H2,1H3,(H2,25,26,29)/b9-8-,24-16?. The fourth-order valence-corrected chi connectivity index (χ4v) is 3.22. The summed E-state index contributed by atoms with van der Waals surface area (Å²) in [7, 11) is 1.62. The molecule has 0 radical (unpaired) electrons. The van der Waals surface area contributed by atoms with E-state index in [9.17, 15) is 14.0 Å². The smallest absolute Gasteiger partial charge is 0.319 e. The van der Waals surface area contributed by atoms with Gasteiger partial charge >= 0.3 is 6.03 Å².